The number of carbonyl (C=O) groups excluding carboxylic acids is 1. The Kier molecular flexibility index (Phi) is 3.66. The van der Waals surface area contributed by atoms with Gasteiger partial charge in [-0.3, -0.25) is 0 Å². The minimum absolute atomic E-state index is 0.149. The van der Waals surface area contributed by atoms with Crippen LogP contribution in [-0.4, -0.2) is 35.8 Å². The average Bonchev–Trinajstić information content (AvgIpc) is 2.71. The Morgan fingerprint density at radius 2 is 1.95 bits per heavy atom. The van der Waals surface area contributed by atoms with Crippen LogP contribution >= 0.6 is 0 Å². The van der Waals surface area contributed by atoms with Crippen LogP contribution in [0.5, 0.6) is 0 Å². The molecular formula is C12H12F3NO3. The van der Waals surface area contributed by atoms with Crippen molar-refractivity contribution < 1.29 is 27.8 Å². The van der Waals surface area contributed by atoms with E-state index in [1.165, 1.54) is 17.0 Å². The number of aliphatic hydroxyl groups is 1. The van der Waals surface area contributed by atoms with Crippen LogP contribution in [-0.2, 0) is 10.9 Å². The normalized spacial score (nSPS) is 19.7. The number of nitrogens with zero attached hydrogens (tertiary/aromatic N) is 1. The Labute approximate surface area is 107 Å². The monoisotopic (exact) mass is 275 g/mol. The Bertz CT molecular complexity index is 458. The smallest absolute Gasteiger partial charge is 0.416 e. The van der Waals surface area contributed by atoms with Crippen LogP contribution in [0.4, 0.5) is 18.0 Å². The summed E-state index contributed by atoms with van der Waals surface area (Å²) in [4.78, 5) is 12.7. The summed E-state index contributed by atoms with van der Waals surface area (Å²) in [6.45, 7) is 0.190. The average molecular weight is 275 g/mol. The number of benzene rings is 1. The van der Waals surface area contributed by atoms with E-state index in [1.54, 1.807) is 0 Å². The van der Waals surface area contributed by atoms with Gasteiger partial charge in [-0.1, -0.05) is 12.1 Å². The highest BCUT2D eigenvalue weighted by Gasteiger charge is 2.33. The number of hydrogen-bond donors (Lipinski definition) is 1. The fourth-order valence-electron chi connectivity index (χ4n) is 1.87. The lowest BCUT2D eigenvalue weighted by molar-refractivity contribution is -0.137. The Balaban J connectivity index is 2.10. The SMILES string of the molecule is O=C1OC(c2ccc(C(F)(F)F)cc2)CN1CCO. The van der Waals surface area contributed by atoms with Gasteiger partial charge in [0.25, 0.3) is 0 Å². The van der Waals surface area contributed by atoms with Crippen molar-refractivity contribution in [3.8, 4) is 0 Å². The molecule has 0 saturated carbocycles. The van der Waals surface area contributed by atoms with Crippen molar-refractivity contribution in [1.29, 1.82) is 0 Å². The van der Waals surface area contributed by atoms with E-state index in [0.29, 0.717) is 5.56 Å². The van der Waals surface area contributed by atoms with E-state index in [9.17, 15) is 18.0 Å². The molecule has 1 aromatic carbocycles. The second-order valence-electron chi connectivity index (χ2n) is 4.16. The Hall–Kier alpha value is -1.76. The zero-order chi connectivity index (χ0) is 14.0. The summed E-state index contributed by atoms with van der Waals surface area (Å²) in [7, 11) is 0. The molecule has 19 heavy (non-hydrogen) atoms. The first-order valence-corrected chi connectivity index (χ1v) is 5.65. The van der Waals surface area contributed by atoms with Gasteiger partial charge in [0.05, 0.1) is 18.7 Å². The number of cyclic esters (lactones) is 1. The molecule has 1 saturated heterocycles. The third-order valence-electron chi connectivity index (χ3n) is 2.87. The second-order valence-corrected chi connectivity index (χ2v) is 4.16. The summed E-state index contributed by atoms with van der Waals surface area (Å²) in [6, 6.07) is 4.50. The van der Waals surface area contributed by atoms with E-state index in [2.05, 4.69) is 0 Å². The lowest BCUT2D eigenvalue weighted by Crippen LogP contribution is -2.27. The number of rotatable bonds is 3. The molecule has 1 atom stereocenters. The molecule has 0 aromatic heterocycles. The van der Waals surface area contributed by atoms with E-state index >= 15 is 0 Å². The maximum Gasteiger partial charge on any atom is 0.416 e. The summed E-state index contributed by atoms with van der Waals surface area (Å²) in [5.41, 5.74) is -0.241. The molecule has 0 aliphatic carbocycles. The summed E-state index contributed by atoms with van der Waals surface area (Å²) in [5.74, 6) is 0. The molecule has 1 amide bonds. The topological polar surface area (TPSA) is 49.8 Å². The zero-order valence-corrected chi connectivity index (χ0v) is 9.85. The van der Waals surface area contributed by atoms with E-state index in [-0.39, 0.29) is 19.7 Å². The first-order valence-electron chi connectivity index (χ1n) is 5.65. The van der Waals surface area contributed by atoms with Crippen molar-refractivity contribution >= 4 is 6.09 Å². The number of hydrogen-bond acceptors (Lipinski definition) is 3. The molecule has 1 unspecified atom stereocenters. The van der Waals surface area contributed by atoms with E-state index in [0.717, 1.165) is 12.1 Å². The maximum absolute atomic E-state index is 12.4. The van der Waals surface area contributed by atoms with Gasteiger partial charge in [-0.2, -0.15) is 13.2 Å². The van der Waals surface area contributed by atoms with Gasteiger partial charge in [0.15, 0.2) is 0 Å². The van der Waals surface area contributed by atoms with Crippen LogP contribution in [0.2, 0.25) is 0 Å². The lowest BCUT2D eigenvalue weighted by atomic mass is 10.1. The quantitative estimate of drug-likeness (QED) is 0.920. The van der Waals surface area contributed by atoms with Gasteiger partial charge in [0.1, 0.15) is 6.10 Å². The van der Waals surface area contributed by atoms with Crippen molar-refractivity contribution in [3.05, 3.63) is 35.4 Å². The van der Waals surface area contributed by atoms with Crippen LogP contribution in [0, 0.1) is 0 Å². The molecule has 1 aliphatic rings. The summed E-state index contributed by atoms with van der Waals surface area (Å²) < 4.78 is 42.2. The van der Waals surface area contributed by atoms with E-state index in [1.807, 2.05) is 0 Å². The minimum Gasteiger partial charge on any atom is -0.439 e. The lowest BCUT2D eigenvalue weighted by Gasteiger charge is -2.11. The largest absolute Gasteiger partial charge is 0.439 e. The molecule has 1 aliphatic heterocycles. The van der Waals surface area contributed by atoms with E-state index in [4.69, 9.17) is 9.84 Å². The molecule has 1 heterocycles. The molecule has 0 radical (unpaired) electrons. The van der Waals surface area contributed by atoms with Gasteiger partial charge in [-0.15, -0.1) is 0 Å². The number of aliphatic hydroxyl groups excluding tert-OH is 1. The fourth-order valence-corrected chi connectivity index (χ4v) is 1.87. The number of amides is 1. The fraction of sp³-hybridized carbons (Fsp3) is 0.417. The molecule has 1 aromatic rings. The van der Waals surface area contributed by atoms with Crippen molar-refractivity contribution in [1.82, 2.24) is 4.90 Å². The van der Waals surface area contributed by atoms with Crippen molar-refractivity contribution in [2.75, 3.05) is 19.7 Å². The highest BCUT2D eigenvalue weighted by Crippen LogP contribution is 2.31. The molecule has 4 nitrogen and oxygen atoms in total. The molecule has 0 spiro atoms. The summed E-state index contributed by atoms with van der Waals surface area (Å²) >= 11 is 0. The van der Waals surface area contributed by atoms with E-state index < -0.39 is 23.9 Å². The van der Waals surface area contributed by atoms with Gasteiger partial charge in [0.2, 0.25) is 0 Å². The highest BCUT2D eigenvalue weighted by atomic mass is 19.4. The van der Waals surface area contributed by atoms with Crippen molar-refractivity contribution in [3.63, 3.8) is 0 Å². The predicted molar refractivity (Wildman–Crippen MR) is 59.3 cm³/mol. The van der Waals surface area contributed by atoms with Gasteiger partial charge in [-0.05, 0) is 17.7 Å². The van der Waals surface area contributed by atoms with Gasteiger partial charge >= 0.3 is 12.3 Å². The van der Waals surface area contributed by atoms with Crippen molar-refractivity contribution in [2.45, 2.75) is 12.3 Å². The zero-order valence-electron chi connectivity index (χ0n) is 9.85. The van der Waals surface area contributed by atoms with Crippen LogP contribution in [0.1, 0.15) is 17.2 Å². The molecule has 104 valence electrons. The summed E-state index contributed by atoms with van der Waals surface area (Å²) in [5, 5.41) is 8.75. The molecule has 1 fully saturated rings. The first-order chi connectivity index (χ1) is 8.91. The minimum atomic E-state index is -4.38. The van der Waals surface area contributed by atoms with Crippen LogP contribution in [0.15, 0.2) is 24.3 Å². The number of β-amino-alcohol motifs (C(OH)–C–C–N with tert-alkyl or cyclic N) is 1. The van der Waals surface area contributed by atoms with Gasteiger partial charge in [0, 0.05) is 6.54 Å². The summed E-state index contributed by atoms with van der Waals surface area (Å²) in [6.07, 6.45) is -5.55. The van der Waals surface area contributed by atoms with Crippen LogP contribution < -0.4 is 0 Å². The van der Waals surface area contributed by atoms with Crippen molar-refractivity contribution in [2.24, 2.45) is 0 Å². The van der Waals surface area contributed by atoms with Crippen LogP contribution in [0.3, 0.4) is 0 Å². The maximum atomic E-state index is 12.4. The molecule has 2 rings (SSSR count). The van der Waals surface area contributed by atoms with Crippen LogP contribution in [0.25, 0.3) is 0 Å². The molecular weight excluding hydrogens is 263 g/mol. The van der Waals surface area contributed by atoms with Gasteiger partial charge in [-0.25, -0.2) is 4.79 Å². The number of ether oxygens (including phenoxy) is 1. The first kappa shape index (κ1) is 13.7. The van der Waals surface area contributed by atoms with Gasteiger partial charge < -0.3 is 14.7 Å². The number of carbonyl (C=O) groups is 1. The Morgan fingerprint density at radius 1 is 1.32 bits per heavy atom. The standard InChI is InChI=1S/C12H12F3NO3/c13-12(14,15)9-3-1-8(2-4-9)10-7-16(5-6-17)11(18)19-10/h1-4,10,17H,5-7H2. The Morgan fingerprint density at radius 3 is 2.47 bits per heavy atom. The number of alkyl halides is 3. The third-order valence-corrected chi connectivity index (χ3v) is 2.87. The second kappa shape index (κ2) is 5.08. The molecule has 7 heteroatoms. The third kappa shape index (κ3) is 2.98. The molecule has 1 N–H and O–H groups in total. The predicted octanol–water partition coefficient (Wildman–Crippen LogP) is 2.19. The number of halogens is 3. The molecule has 0 bridgehead atoms. The highest BCUT2D eigenvalue weighted by molar-refractivity contribution is 5.70.